The van der Waals surface area contributed by atoms with Gasteiger partial charge in [-0.2, -0.15) is 0 Å². The lowest BCUT2D eigenvalue weighted by atomic mass is 10.1. The summed E-state index contributed by atoms with van der Waals surface area (Å²) < 4.78 is 10.1. The molecule has 2 amide bonds. The molecule has 0 fully saturated rings. The number of rotatable bonds is 8. The first kappa shape index (κ1) is 22.2. The Morgan fingerprint density at radius 2 is 1.69 bits per heavy atom. The number of ether oxygens (including phenoxy) is 2. The highest BCUT2D eigenvalue weighted by molar-refractivity contribution is 6.31. The molecule has 7 nitrogen and oxygen atoms in total. The van der Waals surface area contributed by atoms with Crippen molar-refractivity contribution in [3.63, 3.8) is 0 Å². The van der Waals surface area contributed by atoms with Gasteiger partial charge in [0.1, 0.15) is 5.75 Å². The van der Waals surface area contributed by atoms with E-state index in [1.807, 2.05) is 26.0 Å². The number of aryl methyl sites for hydroxylation is 1. The van der Waals surface area contributed by atoms with Gasteiger partial charge in [0.15, 0.2) is 6.61 Å². The van der Waals surface area contributed by atoms with Crippen molar-refractivity contribution in [2.75, 3.05) is 24.4 Å². The molecule has 0 aromatic heterocycles. The zero-order valence-electron chi connectivity index (χ0n) is 16.5. The van der Waals surface area contributed by atoms with Gasteiger partial charge in [-0.25, -0.2) is 0 Å². The van der Waals surface area contributed by atoms with E-state index >= 15 is 0 Å². The Bertz CT molecular complexity index is 914. The smallest absolute Gasteiger partial charge is 0.306 e. The third kappa shape index (κ3) is 6.80. The molecule has 0 heterocycles. The van der Waals surface area contributed by atoms with Gasteiger partial charge in [0, 0.05) is 17.1 Å². The SMILES string of the molecule is COc1ccc(Cl)cc1NC(=O)CCC(=O)OCC(=O)Nc1cccc(C)c1C. The van der Waals surface area contributed by atoms with Crippen molar-refractivity contribution < 1.29 is 23.9 Å². The van der Waals surface area contributed by atoms with Gasteiger partial charge >= 0.3 is 5.97 Å². The van der Waals surface area contributed by atoms with Crippen molar-refractivity contribution >= 4 is 40.8 Å². The van der Waals surface area contributed by atoms with Crippen LogP contribution in [-0.4, -0.2) is 31.5 Å². The number of hydrogen-bond acceptors (Lipinski definition) is 5. The monoisotopic (exact) mass is 418 g/mol. The van der Waals surface area contributed by atoms with Crippen molar-refractivity contribution in [1.82, 2.24) is 0 Å². The molecule has 154 valence electrons. The number of hydrogen-bond donors (Lipinski definition) is 2. The van der Waals surface area contributed by atoms with Gasteiger partial charge in [-0.15, -0.1) is 0 Å². The fraction of sp³-hybridized carbons (Fsp3) is 0.286. The Morgan fingerprint density at radius 3 is 2.41 bits per heavy atom. The van der Waals surface area contributed by atoms with Crippen LogP contribution in [0.25, 0.3) is 0 Å². The first-order valence-corrected chi connectivity index (χ1v) is 9.33. The summed E-state index contributed by atoms with van der Waals surface area (Å²) in [5.41, 5.74) is 3.06. The van der Waals surface area contributed by atoms with E-state index in [9.17, 15) is 14.4 Å². The van der Waals surface area contributed by atoms with Crippen molar-refractivity contribution in [3.05, 3.63) is 52.5 Å². The maximum Gasteiger partial charge on any atom is 0.306 e. The van der Waals surface area contributed by atoms with Gasteiger partial charge in [0.25, 0.3) is 5.91 Å². The molecule has 0 bridgehead atoms. The van der Waals surface area contributed by atoms with Gasteiger partial charge in [0.2, 0.25) is 5.91 Å². The third-order valence-electron chi connectivity index (χ3n) is 4.23. The Morgan fingerprint density at radius 1 is 0.966 bits per heavy atom. The maximum absolute atomic E-state index is 12.0. The number of nitrogens with one attached hydrogen (secondary N) is 2. The molecule has 2 aromatic rings. The summed E-state index contributed by atoms with van der Waals surface area (Å²) in [6.07, 6.45) is -0.265. The summed E-state index contributed by atoms with van der Waals surface area (Å²) in [4.78, 5) is 35.8. The summed E-state index contributed by atoms with van der Waals surface area (Å²) in [6, 6.07) is 10.4. The molecule has 0 aliphatic heterocycles. The average molecular weight is 419 g/mol. The number of halogens is 1. The van der Waals surface area contributed by atoms with Crippen LogP contribution in [0, 0.1) is 13.8 Å². The van der Waals surface area contributed by atoms with Gasteiger partial charge < -0.3 is 20.1 Å². The third-order valence-corrected chi connectivity index (χ3v) is 4.47. The van der Waals surface area contributed by atoms with Crippen LogP contribution in [0.1, 0.15) is 24.0 Å². The number of methoxy groups -OCH3 is 1. The van der Waals surface area contributed by atoms with Crippen molar-refractivity contribution in [2.45, 2.75) is 26.7 Å². The van der Waals surface area contributed by atoms with E-state index in [4.69, 9.17) is 21.1 Å². The largest absolute Gasteiger partial charge is 0.495 e. The molecule has 0 saturated carbocycles. The maximum atomic E-state index is 12.0. The fourth-order valence-electron chi connectivity index (χ4n) is 2.50. The second-order valence-electron chi connectivity index (χ2n) is 6.35. The summed E-state index contributed by atoms with van der Waals surface area (Å²) >= 11 is 5.91. The Labute approximate surface area is 174 Å². The summed E-state index contributed by atoms with van der Waals surface area (Å²) in [6.45, 7) is 3.41. The zero-order chi connectivity index (χ0) is 21.4. The van der Waals surface area contributed by atoms with Crippen LogP contribution in [0.4, 0.5) is 11.4 Å². The van der Waals surface area contributed by atoms with Gasteiger partial charge in [-0.1, -0.05) is 23.7 Å². The Balaban J connectivity index is 1.76. The van der Waals surface area contributed by atoms with Crippen LogP contribution >= 0.6 is 11.6 Å². The van der Waals surface area contributed by atoms with Gasteiger partial charge in [-0.3, -0.25) is 14.4 Å². The molecule has 0 saturated heterocycles. The van der Waals surface area contributed by atoms with Crippen LogP contribution in [0.2, 0.25) is 5.02 Å². The highest BCUT2D eigenvalue weighted by Crippen LogP contribution is 2.27. The minimum Gasteiger partial charge on any atom is -0.495 e. The second kappa shape index (κ2) is 10.5. The molecule has 2 rings (SSSR count). The summed E-state index contributed by atoms with van der Waals surface area (Å²) in [5, 5.41) is 5.77. The van der Waals surface area contributed by atoms with Crippen LogP contribution in [-0.2, 0) is 19.1 Å². The lowest BCUT2D eigenvalue weighted by Gasteiger charge is -2.11. The Kier molecular flexibility index (Phi) is 8.03. The number of anilines is 2. The zero-order valence-corrected chi connectivity index (χ0v) is 17.3. The highest BCUT2D eigenvalue weighted by atomic mass is 35.5. The number of esters is 1. The minimum absolute atomic E-state index is 0.104. The predicted octanol–water partition coefficient (Wildman–Crippen LogP) is 3.87. The summed E-state index contributed by atoms with van der Waals surface area (Å²) in [5.74, 6) is -1.04. The number of carbonyl (C=O) groups excluding carboxylic acids is 3. The molecule has 0 radical (unpaired) electrons. The lowest BCUT2D eigenvalue weighted by molar-refractivity contribution is -0.147. The standard InChI is InChI=1S/C21H23ClN2O5/c1-13-5-4-6-16(14(13)2)23-20(26)12-29-21(27)10-9-19(25)24-17-11-15(22)7-8-18(17)28-3/h4-8,11H,9-10,12H2,1-3H3,(H,23,26)(H,24,25). The number of carbonyl (C=O) groups is 3. The predicted molar refractivity (Wildman–Crippen MR) is 111 cm³/mol. The van der Waals surface area contributed by atoms with Crippen LogP contribution in [0.5, 0.6) is 5.75 Å². The van der Waals surface area contributed by atoms with Gasteiger partial charge in [-0.05, 0) is 49.2 Å². The molecule has 29 heavy (non-hydrogen) atoms. The first-order valence-electron chi connectivity index (χ1n) is 8.95. The average Bonchev–Trinajstić information content (AvgIpc) is 2.68. The van der Waals surface area contributed by atoms with Crippen LogP contribution in [0.15, 0.2) is 36.4 Å². The summed E-state index contributed by atoms with van der Waals surface area (Å²) in [7, 11) is 1.47. The van der Waals surface area contributed by atoms with Gasteiger partial charge in [0.05, 0.1) is 19.2 Å². The normalized spacial score (nSPS) is 10.2. The molecule has 0 aliphatic rings. The van der Waals surface area contributed by atoms with Crippen LogP contribution in [0.3, 0.4) is 0 Å². The highest BCUT2D eigenvalue weighted by Gasteiger charge is 2.13. The lowest BCUT2D eigenvalue weighted by Crippen LogP contribution is -2.22. The van der Waals surface area contributed by atoms with Crippen molar-refractivity contribution in [1.29, 1.82) is 0 Å². The van der Waals surface area contributed by atoms with E-state index in [2.05, 4.69) is 10.6 Å². The van der Waals surface area contributed by atoms with Crippen LogP contribution < -0.4 is 15.4 Å². The van der Waals surface area contributed by atoms with E-state index in [1.54, 1.807) is 24.3 Å². The molecule has 2 aromatic carbocycles. The molecule has 0 aliphatic carbocycles. The molecular formula is C21H23ClN2O5. The molecule has 0 spiro atoms. The molecule has 8 heteroatoms. The second-order valence-corrected chi connectivity index (χ2v) is 6.79. The van der Waals surface area contributed by atoms with E-state index < -0.39 is 24.4 Å². The van der Waals surface area contributed by atoms with E-state index in [0.717, 1.165) is 11.1 Å². The van der Waals surface area contributed by atoms with E-state index in [0.29, 0.717) is 22.1 Å². The van der Waals surface area contributed by atoms with E-state index in [1.165, 1.54) is 7.11 Å². The number of benzene rings is 2. The molecule has 2 N–H and O–H groups in total. The first-order chi connectivity index (χ1) is 13.8. The fourth-order valence-corrected chi connectivity index (χ4v) is 2.67. The number of amides is 2. The Hall–Kier alpha value is -3.06. The van der Waals surface area contributed by atoms with Crippen molar-refractivity contribution in [3.8, 4) is 5.75 Å². The molecule has 0 atom stereocenters. The topological polar surface area (TPSA) is 93.7 Å². The van der Waals surface area contributed by atoms with Crippen molar-refractivity contribution in [2.24, 2.45) is 0 Å². The van der Waals surface area contributed by atoms with E-state index in [-0.39, 0.29) is 12.8 Å². The quantitative estimate of drug-likeness (QED) is 0.635. The molecule has 0 unspecified atom stereocenters. The molecular weight excluding hydrogens is 396 g/mol. The minimum atomic E-state index is -0.644.